The Balaban J connectivity index is 4.17. The molecular formula is C16H29NO3. The van der Waals surface area contributed by atoms with Crippen molar-refractivity contribution in [3.63, 3.8) is 0 Å². The van der Waals surface area contributed by atoms with Crippen molar-refractivity contribution in [1.29, 1.82) is 0 Å². The van der Waals surface area contributed by atoms with Crippen molar-refractivity contribution in [2.24, 2.45) is 5.92 Å². The van der Waals surface area contributed by atoms with Gasteiger partial charge in [-0.3, -0.25) is 9.59 Å². The summed E-state index contributed by atoms with van der Waals surface area (Å²) in [4.78, 5) is 24.8. The lowest BCUT2D eigenvalue weighted by molar-refractivity contribution is -0.149. The Bertz CT molecular complexity index is 302. The molecular weight excluding hydrogens is 254 g/mol. The first kappa shape index (κ1) is 18.7. The van der Waals surface area contributed by atoms with E-state index in [2.05, 4.69) is 20.4 Å². The van der Waals surface area contributed by atoms with Crippen molar-refractivity contribution in [3.8, 4) is 0 Å². The first-order chi connectivity index (χ1) is 9.58. The number of hydrogen-bond acceptors (Lipinski definition) is 3. The van der Waals surface area contributed by atoms with E-state index in [4.69, 9.17) is 4.74 Å². The van der Waals surface area contributed by atoms with Gasteiger partial charge in [-0.05, 0) is 24.8 Å². The standard InChI is InChI=1S/C16H29NO3/c1-5-9-10-14(7-3)13-20-16(19)12-17(11-6-2)15(18)8-4/h8,14H,4-7,9-13H2,1-3H3. The van der Waals surface area contributed by atoms with Crippen molar-refractivity contribution in [2.75, 3.05) is 19.7 Å². The van der Waals surface area contributed by atoms with Crippen molar-refractivity contribution in [3.05, 3.63) is 12.7 Å². The topological polar surface area (TPSA) is 46.6 Å². The van der Waals surface area contributed by atoms with Gasteiger partial charge in [-0.2, -0.15) is 0 Å². The van der Waals surface area contributed by atoms with Gasteiger partial charge in [0.15, 0.2) is 0 Å². The molecule has 0 aliphatic carbocycles. The molecule has 0 aliphatic rings. The lowest BCUT2D eigenvalue weighted by Crippen LogP contribution is -2.36. The molecule has 0 N–H and O–H groups in total. The molecule has 0 aliphatic heterocycles. The quantitative estimate of drug-likeness (QED) is 0.432. The third-order valence-corrected chi connectivity index (χ3v) is 3.32. The highest BCUT2D eigenvalue weighted by molar-refractivity contribution is 5.89. The number of rotatable bonds is 11. The molecule has 4 nitrogen and oxygen atoms in total. The molecule has 20 heavy (non-hydrogen) atoms. The summed E-state index contributed by atoms with van der Waals surface area (Å²) in [7, 11) is 0. The highest BCUT2D eigenvalue weighted by atomic mass is 16.5. The minimum Gasteiger partial charge on any atom is -0.464 e. The summed E-state index contributed by atoms with van der Waals surface area (Å²) < 4.78 is 5.30. The Morgan fingerprint density at radius 3 is 2.45 bits per heavy atom. The number of unbranched alkanes of at least 4 members (excludes halogenated alkanes) is 1. The van der Waals surface area contributed by atoms with E-state index >= 15 is 0 Å². The van der Waals surface area contributed by atoms with Gasteiger partial charge in [0.2, 0.25) is 5.91 Å². The summed E-state index contributed by atoms with van der Waals surface area (Å²) in [5.74, 6) is -0.126. The lowest BCUT2D eigenvalue weighted by Gasteiger charge is -2.20. The van der Waals surface area contributed by atoms with Crippen molar-refractivity contribution in [2.45, 2.75) is 52.9 Å². The smallest absolute Gasteiger partial charge is 0.325 e. The predicted molar refractivity (Wildman–Crippen MR) is 81.3 cm³/mol. The van der Waals surface area contributed by atoms with Crippen molar-refractivity contribution in [1.82, 2.24) is 4.90 Å². The van der Waals surface area contributed by atoms with Gasteiger partial charge in [-0.25, -0.2) is 0 Å². The maximum Gasteiger partial charge on any atom is 0.325 e. The van der Waals surface area contributed by atoms with Crippen LogP contribution in [0.15, 0.2) is 12.7 Å². The average Bonchev–Trinajstić information content (AvgIpc) is 2.46. The Labute approximate surface area is 123 Å². The molecule has 0 aromatic carbocycles. The van der Waals surface area contributed by atoms with Gasteiger partial charge in [0.1, 0.15) is 6.54 Å². The molecule has 0 aromatic heterocycles. The van der Waals surface area contributed by atoms with Gasteiger partial charge in [0.25, 0.3) is 0 Å². The summed E-state index contributed by atoms with van der Waals surface area (Å²) in [6, 6.07) is 0. The average molecular weight is 283 g/mol. The van der Waals surface area contributed by atoms with Gasteiger partial charge in [-0.15, -0.1) is 0 Å². The number of ether oxygens (including phenoxy) is 1. The summed E-state index contributed by atoms with van der Waals surface area (Å²) in [6.45, 7) is 10.7. The number of carbonyl (C=O) groups excluding carboxylic acids is 2. The van der Waals surface area contributed by atoms with E-state index < -0.39 is 0 Å². The number of nitrogens with zero attached hydrogens (tertiary/aromatic N) is 1. The van der Waals surface area contributed by atoms with Crippen molar-refractivity contribution >= 4 is 11.9 Å². The van der Waals surface area contributed by atoms with Crippen LogP contribution in [0.1, 0.15) is 52.9 Å². The van der Waals surface area contributed by atoms with Crippen LogP contribution in [-0.2, 0) is 14.3 Å². The lowest BCUT2D eigenvalue weighted by atomic mass is 10.0. The third kappa shape index (κ3) is 7.97. The molecule has 0 rings (SSSR count). The van der Waals surface area contributed by atoms with Crippen LogP contribution in [0.2, 0.25) is 0 Å². The van der Waals surface area contributed by atoms with E-state index in [0.717, 1.165) is 32.1 Å². The molecule has 0 spiro atoms. The van der Waals surface area contributed by atoms with E-state index in [1.807, 2.05) is 6.92 Å². The normalized spacial score (nSPS) is 11.8. The van der Waals surface area contributed by atoms with Crippen LogP contribution in [0.3, 0.4) is 0 Å². The third-order valence-electron chi connectivity index (χ3n) is 3.32. The fraction of sp³-hybridized carbons (Fsp3) is 0.750. The van der Waals surface area contributed by atoms with Gasteiger partial charge in [0.05, 0.1) is 6.61 Å². The maximum absolute atomic E-state index is 11.8. The fourth-order valence-electron chi connectivity index (χ4n) is 1.98. The molecule has 4 heteroatoms. The number of hydrogen-bond donors (Lipinski definition) is 0. The molecule has 1 unspecified atom stereocenters. The summed E-state index contributed by atoms with van der Waals surface area (Å²) in [6.07, 6.45) is 6.46. The minimum atomic E-state index is -0.330. The first-order valence-corrected chi connectivity index (χ1v) is 7.65. The summed E-state index contributed by atoms with van der Waals surface area (Å²) in [5, 5.41) is 0. The van der Waals surface area contributed by atoms with Crippen LogP contribution < -0.4 is 0 Å². The molecule has 116 valence electrons. The van der Waals surface area contributed by atoms with Gasteiger partial charge >= 0.3 is 5.97 Å². The number of carbonyl (C=O) groups is 2. The number of esters is 1. The van der Waals surface area contributed by atoms with Gasteiger partial charge in [0, 0.05) is 6.54 Å². The molecule has 1 amide bonds. The first-order valence-electron chi connectivity index (χ1n) is 7.65. The van der Waals surface area contributed by atoms with E-state index in [9.17, 15) is 9.59 Å². The SMILES string of the molecule is C=CC(=O)N(CCC)CC(=O)OCC(CC)CCCC. The van der Waals surface area contributed by atoms with E-state index in [0.29, 0.717) is 19.1 Å². The van der Waals surface area contributed by atoms with Crippen LogP contribution in [0, 0.1) is 5.92 Å². The predicted octanol–water partition coefficient (Wildman–Crippen LogP) is 3.17. The van der Waals surface area contributed by atoms with Crippen LogP contribution in [-0.4, -0.2) is 36.5 Å². The number of amides is 1. The van der Waals surface area contributed by atoms with Crippen LogP contribution in [0.4, 0.5) is 0 Å². The second-order valence-corrected chi connectivity index (χ2v) is 5.06. The Kier molecular flexibility index (Phi) is 10.7. The molecule has 0 radical (unpaired) electrons. The zero-order valence-corrected chi connectivity index (χ0v) is 13.2. The highest BCUT2D eigenvalue weighted by Gasteiger charge is 2.16. The Hall–Kier alpha value is -1.32. The van der Waals surface area contributed by atoms with Crippen molar-refractivity contribution < 1.29 is 14.3 Å². The highest BCUT2D eigenvalue weighted by Crippen LogP contribution is 2.13. The minimum absolute atomic E-state index is 0.0168. The monoisotopic (exact) mass is 283 g/mol. The van der Waals surface area contributed by atoms with E-state index in [1.165, 1.54) is 11.0 Å². The van der Waals surface area contributed by atoms with E-state index in [1.54, 1.807) is 0 Å². The molecule has 0 bridgehead atoms. The largest absolute Gasteiger partial charge is 0.464 e. The molecule has 0 saturated heterocycles. The zero-order valence-electron chi connectivity index (χ0n) is 13.2. The Morgan fingerprint density at radius 2 is 1.95 bits per heavy atom. The molecule has 1 atom stereocenters. The van der Waals surface area contributed by atoms with Gasteiger partial charge in [-0.1, -0.05) is 46.6 Å². The molecule has 0 aromatic rings. The summed E-state index contributed by atoms with van der Waals surface area (Å²) in [5.41, 5.74) is 0. The molecule has 0 saturated carbocycles. The van der Waals surface area contributed by atoms with Crippen LogP contribution >= 0.6 is 0 Å². The van der Waals surface area contributed by atoms with Crippen LogP contribution in [0.5, 0.6) is 0 Å². The zero-order chi connectivity index (χ0) is 15.4. The molecule has 0 heterocycles. The fourth-order valence-corrected chi connectivity index (χ4v) is 1.98. The maximum atomic E-state index is 11.8. The molecule has 0 fully saturated rings. The summed E-state index contributed by atoms with van der Waals surface area (Å²) >= 11 is 0. The van der Waals surface area contributed by atoms with E-state index in [-0.39, 0.29) is 18.4 Å². The second kappa shape index (κ2) is 11.5. The Morgan fingerprint density at radius 1 is 1.25 bits per heavy atom. The van der Waals surface area contributed by atoms with Gasteiger partial charge < -0.3 is 9.64 Å². The van der Waals surface area contributed by atoms with Crippen LogP contribution in [0.25, 0.3) is 0 Å². The second-order valence-electron chi connectivity index (χ2n) is 5.06.